The van der Waals surface area contributed by atoms with E-state index in [1.807, 2.05) is 18.2 Å². The number of rotatable bonds is 7. The fraction of sp³-hybridized carbons (Fsp3) is 0.100. The Kier molecular flexibility index (Phi) is 5.39. The molecule has 0 radical (unpaired) electrons. The van der Waals surface area contributed by atoms with Crippen molar-refractivity contribution in [2.45, 2.75) is 12.8 Å². The molecule has 0 saturated carbocycles. The molecule has 8 heteroatoms. The highest BCUT2D eigenvalue weighted by molar-refractivity contribution is 5.79. The zero-order valence-electron chi connectivity index (χ0n) is 15.0. The molecule has 0 amide bonds. The molecule has 2 heterocycles. The van der Waals surface area contributed by atoms with Gasteiger partial charge in [0.25, 0.3) is 0 Å². The van der Waals surface area contributed by atoms with Crippen LogP contribution in [0.5, 0.6) is 0 Å². The number of hydrogen-bond donors (Lipinski definition) is 2. The summed E-state index contributed by atoms with van der Waals surface area (Å²) in [5, 5.41) is 29.5. The molecule has 4 rings (SSSR count). The summed E-state index contributed by atoms with van der Waals surface area (Å²) in [4.78, 5) is 0. The molecule has 0 aliphatic rings. The Morgan fingerprint density at radius 3 is 2.04 bits per heavy atom. The van der Waals surface area contributed by atoms with Gasteiger partial charge in [-0.2, -0.15) is 0 Å². The molecule has 0 unspecified atom stereocenters. The molecule has 0 fully saturated rings. The molecule has 8 nitrogen and oxygen atoms in total. The van der Waals surface area contributed by atoms with Crippen molar-refractivity contribution in [3.63, 3.8) is 0 Å². The number of anilines is 4. The van der Waals surface area contributed by atoms with Crippen LogP contribution in [-0.4, -0.2) is 30.8 Å². The summed E-state index contributed by atoms with van der Waals surface area (Å²) in [5.41, 5.74) is 4.22. The first-order chi connectivity index (χ1) is 13.9. The van der Waals surface area contributed by atoms with Crippen LogP contribution < -0.4 is 10.6 Å². The van der Waals surface area contributed by atoms with Gasteiger partial charge < -0.3 is 10.6 Å². The van der Waals surface area contributed by atoms with E-state index >= 15 is 0 Å². The van der Waals surface area contributed by atoms with Crippen LogP contribution in [0.1, 0.15) is 11.1 Å². The third-order valence-corrected chi connectivity index (χ3v) is 4.20. The Labute approximate surface area is 162 Å². The highest BCUT2D eigenvalue weighted by atomic mass is 15.3. The Morgan fingerprint density at radius 2 is 1.36 bits per heavy atom. The zero-order chi connectivity index (χ0) is 19.0. The van der Waals surface area contributed by atoms with Crippen molar-refractivity contribution in [2.75, 3.05) is 10.6 Å². The molecular weight excluding hydrogens is 352 g/mol. The second kappa shape index (κ2) is 8.63. The van der Waals surface area contributed by atoms with Crippen LogP contribution in [0.2, 0.25) is 0 Å². The molecule has 0 atom stereocenters. The predicted molar refractivity (Wildman–Crippen MR) is 107 cm³/mol. The number of para-hydroxylation sites is 1. The Balaban J connectivity index is 1.64. The van der Waals surface area contributed by atoms with Gasteiger partial charge in [0.1, 0.15) is 0 Å². The summed E-state index contributed by atoms with van der Waals surface area (Å²) in [6.45, 7) is 0. The third-order valence-electron chi connectivity index (χ3n) is 4.20. The number of nitrogens with zero attached hydrogens (tertiary/aromatic N) is 6. The maximum absolute atomic E-state index is 4.04. The van der Waals surface area contributed by atoms with Gasteiger partial charge in [0.15, 0.2) is 11.6 Å². The van der Waals surface area contributed by atoms with E-state index in [2.05, 4.69) is 71.8 Å². The fourth-order valence-electron chi connectivity index (χ4n) is 2.87. The molecule has 0 aliphatic carbocycles. The average molecular weight is 370 g/mol. The number of aromatic nitrogens is 6. The minimum absolute atomic E-state index is 0.610. The molecule has 2 aromatic carbocycles. The topological polar surface area (TPSA) is 101 Å². The Hall–Kier alpha value is -3.94. The van der Waals surface area contributed by atoms with Crippen molar-refractivity contribution in [1.29, 1.82) is 0 Å². The minimum atomic E-state index is 0.610. The van der Waals surface area contributed by atoms with E-state index in [0.717, 1.165) is 29.8 Å². The molecule has 0 spiro atoms. The second-order valence-electron chi connectivity index (χ2n) is 6.09. The smallest absolute Gasteiger partial charge is 0.156 e. The van der Waals surface area contributed by atoms with Gasteiger partial charge in [0.2, 0.25) is 0 Å². The van der Waals surface area contributed by atoms with Gasteiger partial charge in [-0.05, 0) is 40.5 Å². The maximum atomic E-state index is 4.04. The Morgan fingerprint density at radius 1 is 0.643 bits per heavy atom. The number of nitrogens with one attached hydrogen (secondary N) is 2. The largest absolute Gasteiger partial charge is 0.337 e. The quantitative estimate of drug-likeness (QED) is 0.511. The zero-order valence-corrected chi connectivity index (χ0v) is 15.0. The van der Waals surface area contributed by atoms with Gasteiger partial charge in [-0.25, -0.2) is 0 Å². The van der Waals surface area contributed by atoms with Crippen LogP contribution in [0.3, 0.4) is 0 Å². The summed E-state index contributed by atoms with van der Waals surface area (Å²) in [6, 6.07) is 20.0. The first kappa shape index (κ1) is 17.5. The highest BCUT2D eigenvalue weighted by Crippen LogP contribution is 2.31. The molecule has 4 aromatic rings. The molecule has 0 bridgehead atoms. The van der Waals surface area contributed by atoms with Gasteiger partial charge in [-0.1, -0.05) is 42.5 Å². The summed E-state index contributed by atoms with van der Waals surface area (Å²) in [6.07, 6.45) is 4.98. The lowest BCUT2D eigenvalue weighted by atomic mass is 10.0. The fourth-order valence-corrected chi connectivity index (χ4v) is 2.87. The Bertz CT molecular complexity index is 1010. The van der Waals surface area contributed by atoms with Crippen LogP contribution in [-0.2, 0) is 12.8 Å². The van der Waals surface area contributed by atoms with Crippen LogP contribution in [0, 0.1) is 0 Å². The van der Waals surface area contributed by atoms with Crippen LogP contribution in [0.4, 0.5) is 23.0 Å². The van der Waals surface area contributed by atoms with Crippen LogP contribution >= 0.6 is 0 Å². The molecular formula is C20H18N8. The van der Waals surface area contributed by atoms with Gasteiger partial charge in [-0.15, -0.1) is 20.4 Å². The van der Waals surface area contributed by atoms with Crippen molar-refractivity contribution in [3.05, 3.63) is 84.2 Å². The lowest BCUT2D eigenvalue weighted by Crippen LogP contribution is -2.05. The molecule has 0 aliphatic heterocycles. The van der Waals surface area contributed by atoms with E-state index in [-0.39, 0.29) is 0 Å². The lowest BCUT2D eigenvalue weighted by molar-refractivity contribution is 0.868. The molecule has 138 valence electrons. The number of benzene rings is 2. The van der Waals surface area contributed by atoms with Crippen molar-refractivity contribution in [1.82, 2.24) is 30.8 Å². The van der Waals surface area contributed by atoms with Gasteiger partial charge in [-0.3, -0.25) is 0 Å². The maximum Gasteiger partial charge on any atom is 0.156 e. The lowest BCUT2D eigenvalue weighted by Gasteiger charge is -2.17. The van der Waals surface area contributed by atoms with Crippen molar-refractivity contribution < 1.29 is 0 Å². The average Bonchev–Trinajstić information content (AvgIpc) is 2.76. The SMILES string of the molecule is c1ccc(CCc2cccc(Nc3ccnnn3)c2Nc2ccnnn2)cc1. The van der Waals surface area contributed by atoms with Gasteiger partial charge in [0, 0.05) is 12.1 Å². The monoisotopic (exact) mass is 370 g/mol. The van der Waals surface area contributed by atoms with Crippen LogP contribution in [0.15, 0.2) is 73.1 Å². The summed E-state index contributed by atoms with van der Waals surface area (Å²) < 4.78 is 0. The highest BCUT2D eigenvalue weighted by Gasteiger charge is 2.11. The number of hydrogen-bond acceptors (Lipinski definition) is 8. The van der Waals surface area contributed by atoms with Crippen molar-refractivity contribution >= 4 is 23.0 Å². The predicted octanol–water partition coefficient (Wildman–Crippen LogP) is 3.33. The molecule has 0 saturated heterocycles. The van der Waals surface area contributed by atoms with E-state index in [9.17, 15) is 0 Å². The molecule has 2 N–H and O–H groups in total. The normalized spacial score (nSPS) is 10.4. The summed E-state index contributed by atoms with van der Waals surface area (Å²) in [7, 11) is 0. The van der Waals surface area contributed by atoms with E-state index in [1.54, 1.807) is 24.5 Å². The first-order valence-electron chi connectivity index (χ1n) is 8.87. The minimum Gasteiger partial charge on any atom is -0.337 e. The van der Waals surface area contributed by atoms with E-state index < -0.39 is 0 Å². The van der Waals surface area contributed by atoms with Crippen LogP contribution in [0.25, 0.3) is 0 Å². The van der Waals surface area contributed by atoms with E-state index in [4.69, 9.17) is 0 Å². The summed E-state index contributed by atoms with van der Waals surface area (Å²) >= 11 is 0. The van der Waals surface area contributed by atoms with E-state index in [0.29, 0.717) is 11.6 Å². The number of aryl methyl sites for hydroxylation is 2. The second-order valence-corrected chi connectivity index (χ2v) is 6.09. The van der Waals surface area contributed by atoms with Gasteiger partial charge in [0.05, 0.1) is 23.8 Å². The van der Waals surface area contributed by atoms with E-state index in [1.165, 1.54) is 5.56 Å². The standard InChI is InChI=1S/C20H18N8/c1-2-5-15(6-3-1)9-10-16-7-4-8-17(23-18-11-13-21-27-25-18)20(16)24-19-12-14-22-28-26-19/h1-8,11-14H,9-10H2,(H,21,23,25)(H,22,24,26). The van der Waals surface area contributed by atoms with Crippen molar-refractivity contribution in [2.24, 2.45) is 0 Å². The van der Waals surface area contributed by atoms with Gasteiger partial charge >= 0.3 is 0 Å². The summed E-state index contributed by atoms with van der Waals surface area (Å²) in [5.74, 6) is 1.23. The first-order valence-corrected chi connectivity index (χ1v) is 8.87. The molecule has 28 heavy (non-hydrogen) atoms. The third kappa shape index (κ3) is 4.42. The molecule has 2 aromatic heterocycles. The van der Waals surface area contributed by atoms with Crippen molar-refractivity contribution in [3.8, 4) is 0 Å².